The molecular formula is C27H33NO2. The molecule has 1 N–H and O–H groups in total. The Kier molecular flexibility index (Phi) is 7.30. The van der Waals surface area contributed by atoms with Crippen LogP contribution in [0.25, 0.3) is 0 Å². The Morgan fingerprint density at radius 2 is 1.10 bits per heavy atom. The number of benzene rings is 3. The SMILES string of the molecule is CCN(CC)CCOc1ccc(C(O)(c2ccc(C)cc2)c2ccc(C)cc2)cc1. The van der Waals surface area contributed by atoms with Gasteiger partial charge in [0.15, 0.2) is 0 Å². The first kappa shape index (κ1) is 22.1. The fraction of sp³-hybridized carbons (Fsp3) is 0.333. The van der Waals surface area contributed by atoms with E-state index in [0.717, 1.165) is 42.1 Å². The molecule has 3 rings (SSSR count). The molecule has 158 valence electrons. The van der Waals surface area contributed by atoms with Gasteiger partial charge in [0.25, 0.3) is 0 Å². The fourth-order valence-corrected chi connectivity index (χ4v) is 3.71. The Balaban J connectivity index is 1.88. The van der Waals surface area contributed by atoms with E-state index in [2.05, 4.69) is 32.6 Å². The Bertz CT molecular complexity index is 865. The molecule has 3 heteroatoms. The second-order valence-corrected chi connectivity index (χ2v) is 7.84. The second kappa shape index (κ2) is 9.92. The molecule has 3 aromatic rings. The highest BCUT2D eigenvalue weighted by molar-refractivity contribution is 5.48. The summed E-state index contributed by atoms with van der Waals surface area (Å²) in [6.07, 6.45) is 0. The van der Waals surface area contributed by atoms with Crippen LogP contribution in [0, 0.1) is 13.8 Å². The van der Waals surface area contributed by atoms with Crippen LogP contribution in [0.15, 0.2) is 72.8 Å². The Hall–Kier alpha value is -2.62. The molecule has 0 aromatic heterocycles. The molecular weight excluding hydrogens is 370 g/mol. The monoisotopic (exact) mass is 403 g/mol. The van der Waals surface area contributed by atoms with Gasteiger partial charge < -0.3 is 14.7 Å². The number of hydrogen-bond acceptors (Lipinski definition) is 3. The number of rotatable bonds is 9. The highest BCUT2D eigenvalue weighted by Gasteiger charge is 2.33. The molecule has 30 heavy (non-hydrogen) atoms. The highest BCUT2D eigenvalue weighted by Crippen LogP contribution is 2.37. The smallest absolute Gasteiger partial charge is 0.140 e. The standard InChI is InChI=1S/C27H33NO2/c1-5-28(6-2)19-20-30-26-17-15-25(16-18-26)27(29,23-11-7-21(3)8-12-23)24-13-9-22(4)10-14-24/h7-18,29H,5-6,19-20H2,1-4H3. The van der Waals surface area contributed by atoms with Gasteiger partial charge in [-0.3, -0.25) is 0 Å². The van der Waals surface area contributed by atoms with Crippen LogP contribution in [-0.4, -0.2) is 36.2 Å². The van der Waals surface area contributed by atoms with Crippen LogP contribution in [0.3, 0.4) is 0 Å². The maximum atomic E-state index is 12.0. The van der Waals surface area contributed by atoms with Crippen molar-refractivity contribution >= 4 is 0 Å². The number of aliphatic hydroxyl groups is 1. The van der Waals surface area contributed by atoms with E-state index in [9.17, 15) is 5.11 Å². The van der Waals surface area contributed by atoms with Crippen LogP contribution in [-0.2, 0) is 5.60 Å². The van der Waals surface area contributed by atoms with Crippen molar-refractivity contribution in [3.05, 3.63) is 101 Å². The molecule has 0 fully saturated rings. The average molecular weight is 404 g/mol. The van der Waals surface area contributed by atoms with Crippen LogP contribution in [0.2, 0.25) is 0 Å². The predicted molar refractivity (Wildman–Crippen MR) is 124 cm³/mol. The third-order valence-corrected chi connectivity index (χ3v) is 5.78. The molecule has 0 saturated carbocycles. The van der Waals surface area contributed by atoms with Crippen LogP contribution in [0.4, 0.5) is 0 Å². The van der Waals surface area contributed by atoms with Crippen LogP contribution in [0.1, 0.15) is 41.7 Å². The summed E-state index contributed by atoms with van der Waals surface area (Å²) in [6, 6.07) is 24.0. The van der Waals surface area contributed by atoms with E-state index in [1.807, 2.05) is 72.8 Å². The molecule has 0 unspecified atom stereocenters. The number of ether oxygens (including phenoxy) is 1. The zero-order chi connectivity index (χ0) is 21.6. The number of likely N-dealkylation sites (N-methyl/N-ethyl adjacent to an activating group) is 1. The summed E-state index contributed by atoms with van der Waals surface area (Å²) in [5.74, 6) is 0.820. The molecule has 0 heterocycles. The number of hydrogen-bond donors (Lipinski definition) is 1. The maximum Gasteiger partial charge on any atom is 0.140 e. The third kappa shape index (κ3) is 4.92. The highest BCUT2D eigenvalue weighted by atomic mass is 16.5. The lowest BCUT2D eigenvalue weighted by Gasteiger charge is -2.30. The quantitative estimate of drug-likeness (QED) is 0.492. The largest absolute Gasteiger partial charge is 0.492 e. The van der Waals surface area contributed by atoms with Crippen molar-refractivity contribution in [3.63, 3.8) is 0 Å². The summed E-state index contributed by atoms with van der Waals surface area (Å²) in [5.41, 5.74) is 3.65. The minimum atomic E-state index is -1.22. The summed E-state index contributed by atoms with van der Waals surface area (Å²) in [6.45, 7) is 12.0. The minimum absolute atomic E-state index is 0.654. The van der Waals surface area contributed by atoms with E-state index >= 15 is 0 Å². The van der Waals surface area contributed by atoms with E-state index in [1.165, 1.54) is 11.1 Å². The average Bonchev–Trinajstić information content (AvgIpc) is 2.77. The van der Waals surface area contributed by atoms with Crippen molar-refractivity contribution in [2.75, 3.05) is 26.2 Å². The van der Waals surface area contributed by atoms with Crippen LogP contribution in [0.5, 0.6) is 5.75 Å². The summed E-state index contributed by atoms with van der Waals surface area (Å²) in [5, 5.41) is 12.0. The van der Waals surface area contributed by atoms with Gasteiger partial charge >= 0.3 is 0 Å². The molecule has 0 spiro atoms. The van der Waals surface area contributed by atoms with Gasteiger partial charge in [-0.25, -0.2) is 0 Å². The van der Waals surface area contributed by atoms with Crippen molar-refractivity contribution in [2.45, 2.75) is 33.3 Å². The van der Waals surface area contributed by atoms with Crippen LogP contribution < -0.4 is 4.74 Å². The third-order valence-electron chi connectivity index (χ3n) is 5.78. The van der Waals surface area contributed by atoms with E-state index in [1.54, 1.807) is 0 Å². The van der Waals surface area contributed by atoms with Gasteiger partial charge in [0.1, 0.15) is 18.0 Å². The normalized spacial score (nSPS) is 11.7. The second-order valence-electron chi connectivity index (χ2n) is 7.84. The molecule has 3 aromatic carbocycles. The lowest BCUT2D eigenvalue weighted by molar-refractivity contribution is 0.125. The zero-order valence-electron chi connectivity index (χ0n) is 18.6. The van der Waals surface area contributed by atoms with E-state index < -0.39 is 5.60 Å². The first-order chi connectivity index (χ1) is 14.5. The van der Waals surface area contributed by atoms with Gasteiger partial charge in [-0.2, -0.15) is 0 Å². The molecule has 0 atom stereocenters. The minimum Gasteiger partial charge on any atom is -0.492 e. The van der Waals surface area contributed by atoms with Crippen molar-refractivity contribution in [3.8, 4) is 5.75 Å². The number of nitrogens with zero attached hydrogens (tertiary/aromatic N) is 1. The molecule has 0 saturated heterocycles. The van der Waals surface area contributed by atoms with Gasteiger partial charge in [-0.05, 0) is 55.8 Å². The van der Waals surface area contributed by atoms with Crippen molar-refractivity contribution in [1.29, 1.82) is 0 Å². The summed E-state index contributed by atoms with van der Waals surface area (Å²) in [4.78, 5) is 2.34. The van der Waals surface area contributed by atoms with E-state index in [4.69, 9.17) is 4.74 Å². The Morgan fingerprint density at radius 1 is 0.700 bits per heavy atom. The van der Waals surface area contributed by atoms with Crippen LogP contribution >= 0.6 is 0 Å². The summed E-state index contributed by atoms with van der Waals surface area (Å²) < 4.78 is 5.93. The molecule has 0 bridgehead atoms. The first-order valence-electron chi connectivity index (χ1n) is 10.8. The zero-order valence-corrected chi connectivity index (χ0v) is 18.6. The first-order valence-corrected chi connectivity index (χ1v) is 10.8. The lowest BCUT2D eigenvalue weighted by atomic mass is 9.80. The number of aryl methyl sites for hydroxylation is 2. The van der Waals surface area contributed by atoms with Gasteiger partial charge in [-0.1, -0.05) is 85.6 Å². The van der Waals surface area contributed by atoms with E-state index in [0.29, 0.717) is 6.61 Å². The van der Waals surface area contributed by atoms with Gasteiger partial charge in [0.05, 0.1) is 0 Å². The molecule has 0 aliphatic carbocycles. The Morgan fingerprint density at radius 3 is 1.50 bits per heavy atom. The maximum absolute atomic E-state index is 12.0. The van der Waals surface area contributed by atoms with Crippen molar-refractivity contribution in [1.82, 2.24) is 4.90 Å². The molecule has 0 aliphatic rings. The van der Waals surface area contributed by atoms with Gasteiger partial charge in [-0.15, -0.1) is 0 Å². The summed E-state index contributed by atoms with van der Waals surface area (Å²) >= 11 is 0. The molecule has 3 nitrogen and oxygen atoms in total. The molecule has 0 radical (unpaired) electrons. The Labute approximate surface area is 180 Å². The van der Waals surface area contributed by atoms with E-state index in [-0.39, 0.29) is 0 Å². The topological polar surface area (TPSA) is 32.7 Å². The van der Waals surface area contributed by atoms with Crippen molar-refractivity contribution in [2.24, 2.45) is 0 Å². The molecule has 0 amide bonds. The van der Waals surface area contributed by atoms with Crippen molar-refractivity contribution < 1.29 is 9.84 Å². The predicted octanol–water partition coefficient (Wildman–Crippen LogP) is 5.31. The fourth-order valence-electron chi connectivity index (χ4n) is 3.71. The van der Waals surface area contributed by atoms with Gasteiger partial charge in [0.2, 0.25) is 0 Å². The lowest BCUT2D eigenvalue weighted by Crippen LogP contribution is -2.29. The van der Waals surface area contributed by atoms with Gasteiger partial charge in [0, 0.05) is 6.54 Å². The summed E-state index contributed by atoms with van der Waals surface area (Å²) in [7, 11) is 0. The molecule has 0 aliphatic heterocycles.